The zero-order valence-corrected chi connectivity index (χ0v) is 14.0. The van der Waals surface area contributed by atoms with Crippen molar-refractivity contribution in [2.75, 3.05) is 31.8 Å². The summed E-state index contributed by atoms with van der Waals surface area (Å²) in [7, 11) is 0. The van der Waals surface area contributed by atoms with E-state index in [2.05, 4.69) is 29.6 Å². The number of nitrogens with one attached hydrogen (secondary N) is 1. The first-order valence-electron chi connectivity index (χ1n) is 7.83. The molecule has 122 valence electrons. The monoisotopic (exact) mass is 322 g/mol. The molecule has 0 unspecified atom stereocenters. The topological polar surface area (TPSA) is 64.4 Å². The number of carbonyl (C=O) groups is 1. The fourth-order valence-corrected chi connectivity index (χ4v) is 3.37. The molecule has 0 aliphatic carbocycles. The lowest BCUT2D eigenvalue weighted by molar-refractivity contribution is -0.122. The van der Waals surface area contributed by atoms with Crippen LogP contribution in [0.2, 0.25) is 0 Å². The van der Waals surface area contributed by atoms with Crippen LogP contribution in [0.4, 0.5) is 0 Å². The summed E-state index contributed by atoms with van der Waals surface area (Å²) in [4.78, 5) is 12.2. The highest BCUT2D eigenvalue weighted by molar-refractivity contribution is 7.98. The molecule has 1 amide bonds. The van der Waals surface area contributed by atoms with Crippen LogP contribution in [0.3, 0.4) is 0 Å². The summed E-state index contributed by atoms with van der Waals surface area (Å²) in [6.07, 6.45) is 4.60. The fraction of sp³-hybridized carbons (Fsp3) is 0.588. The number of carbonyl (C=O) groups excluding carboxylic acids is 1. The van der Waals surface area contributed by atoms with Gasteiger partial charge in [-0.3, -0.25) is 4.79 Å². The Morgan fingerprint density at radius 3 is 2.68 bits per heavy atom. The van der Waals surface area contributed by atoms with Crippen molar-refractivity contribution in [1.82, 2.24) is 5.32 Å². The minimum Gasteiger partial charge on any atom is -0.381 e. The SMILES string of the molecule is CSCC[C@H](N)C(=O)NCC1(c2ccccc2)CCOCC1. The lowest BCUT2D eigenvalue weighted by atomic mass is 9.74. The third-order valence-electron chi connectivity index (χ3n) is 4.41. The summed E-state index contributed by atoms with van der Waals surface area (Å²) in [5.74, 6) is 0.863. The predicted molar refractivity (Wildman–Crippen MR) is 92.2 cm³/mol. The van der Waals surface area contributed by atoms with Crippen LogP contribution < -0.4 is 11.1 Å². The molecule has 4 nitrogen and oxygen atoms in total. The molecule has 0 radical (unpaired) electrons. The second-order valence-electron chi connectivity index (χ2n) is 5.86. The molecule has 1 aliphatic rings. The van der Waals surface area contributed by atoms with Gasteiger partial charge in [0, 0.05) is 25.2 Å². The van der Waals surface area contributed by atoms with E-state index in [0.717, 1.165) is 31.8 Å². The molecule has 1 atom stereocenters. The molecule has 0 aromatic heterocycles. The van der Waals surface area contributed by atoms with E-state index in [9.17, 15) is 4.79 Å². The summed E-state index contributed by atoms with van der Waals surface area (Å²) < 4.78 is 5.51. The Morgan fingerprint density at radius 2 is 2.05 bits per heavy atom. The van der Waals surface area contributed by atoms with E-state index in [-0.39, 0.29) is 11.3 Å². The van der Waals surface area contributed by atoms with E-state index < -0.39 is 6.04 Å². The highest BCUT2D eigenvalue weighted by Crippen LogP contribution is 2.34. The van der Waals surface area contributed by atoms with Crippen LogP contribution in [0, 0.1) is 0 Å². The number of rotatable bonds is 7. The number of ether oxygens (including phenoxy) is 1. The van der Waals surface area contributed by atoms with Crippen molar-refractivity contribution in [3.05, 3.63) is 35.9 Å². The van der Waals surface area contributed by atoms with Crippen molar-refractivity contribution in [1.29, 1.82) is 0 Å². The van der Waals surface area contributed by atoms with E-state index in [0.29, 0.717) is 13.0 Å². The summed E-state index contributed by atoms with van der Waals surface area (Å²) in [5.41, 5.74) is 7.19. The molecular weight excluding hydrogens is 296 g/mol. The van der Waals surface area contributed by atoms with Crippen LogP contribution in [-0.2, 0) is 14.9 Å². The first-order chi connectivity index (χ1) is 10.7. The van der Waals surface area contributed by atoms with Gasteiger partial charge in [-0.25, -0.2) is 0 Å². The van der Waals surface area contributed by atoms with Crippen molar-refractivity contribution < 1.29 is 9.53 Å². The number of hydrogen-bond acceptors (Lipinski definition) is 4. The van der Waals surface area contributed by atoms with Gasteiger partial charge >= 0.3 is 0 Å². The van der Waals surface area contributed by atoms with Crippen LogP contribution in [0.5, 0.6) is 0 Å². The average molecular weight is 322 g/mol. The zero-order valence-electron chi connectivity index (χ0n) is 13.2. The maximum atomic E-state index is 12.2. The lowest BCUT2D eigenvalue weighted by Crippen LogP contribution is -2.49. The summed E-state index contributed by atoms with van der Waals surface area (Å²) in [5, 5.41) is 3.07. The van der Waals surface area contributed by atoms with Gasteiger partial charge in [0.05, 0.1) is 6.04 Å². The van der Waals surface area contributed by atoms with Gasteiger partial charge in [0.2, 0.25) is 5.91 Å². The minimum atomic E-state index is -0.417. The number of hydrogen-bond donors (Lipinski definition) is 2. The third kappa shape index (κ3) is 4.48. The number of amides is 1. The molecule has 1 fully saturated rings. The van der Waals surface area contributed by atoms with Gasteiger partial charge in [0.15, 0.2) is 0 Å². The second-order valence-corrected chi connectivity index (χ2v) is 6.85. The first kappa shape index (κ1) is 17.3. The maximum absolute atomic E-state index is 12.2. The second kappa shape index (κ2) is 8.56. The number of thioether (sulfide) groups is 1. The van der Waals surface area contributed by atoms with Gasteiger partial charge in [0.25, 0.3) is 0 Å². The molecule has 0 bridgehead atoms. The lowest BCUT2D eigenvalue weighted by Gasteiger charge is -2.38. The van der Waals surface area contributed by atoms with Gasteiger partial charge in [-0.2, -0.15) is 11.8 Å². The highest BCUT2D eigenvalue weighted by atomic mass is 32.2. The quantitative estimate of drug-likeness (QED) is 0.805. The first-order valence-corrected chi connectivity index (χ1v) is 9.23. The molecular formula is C17H26N2O2S. The highest BCUT2D eigenvalue weighted by Gasteiger charge is 2.35. The molecule has 2 rings (SSSR count). The molecule has 5 heteroatoms. The van der Waals surface area contributed by atoms with Crippen LogP contribution in [0.25, 0.3) is 0 Å². The Labute approximate surface area is 137 Å². The standard InChI is InChI=1S/C17H26N2O2S/c1-22-12-7-15(18)16(20)19-13-17(8-10-21-11-9-17)14-5-3-2-4-6-14/h2-6,15H,7-13,18H2,1H3,(H,19,20)/t15-/m0/s1. The maximum Gasteiger partial charge on any atom is 0.236 e. The van der Waals surface area contributed by atoms with Crippen LogP contribution in [0.15, 0.2) is 30.3 Å². The van der Waals surface area contributed by atoms with Crippen molar-refractivity contribution in [3.8, 4) is 0 Å². The van der Waals surface area contributed by atoms with Gasteiger partial charge in [0.1, 0.15) is 0 Å². The van der Waals surface area contributed by atoms with Crippen LogP contribution >= 0.6 is 11.8 Å². The van der Waals surface area contributed by atoms with Crippen molar-refractivity contribution in [2.24, 2.45) is 5.73 Å². The molecule has 1 aromatic carbocycles. The van der Waals surface area contributed by atoms with Crippen LogP contribution in [0.1, 0.15) is 24.8 Å². The molecule has 1 heterocycles. The van der Waals surface area contributed by atoms with E-state index in [1.54, 1.807) is 11.8 Å². The predicted octanol–water partition coefficient (Wildman–Crippen LogP) is 1.93. The Morgan fingerprint density at radius 1 is 1.36 bits per heavy atom. The Bertz CT molecular complexity index is 461. The minimum absolute atomic E-state index is 0.0333. The Balaban J connectivity index is 2.00. The summed E-state index contributed by atoms with van der Waals surface area (Å²) >= 11 is 1.71. The molecule has 0 spiro atoms. The molecule has 1 aliphatic heterocycles. The molecule has 0 saturated carbocycles. The zero-order chi connectivity index (χ0) is 15.8. The van der Waals surface area contributed by atoms with E-state index in [1.807, 2.05) is 12.3 Å². The van der Waals surface area contributed by atoms with Crippen LogP contribution in [-0.4, -0.2) is 43.7 Å². The molecule has 1 saturated heterocycles. The number of benzene rings is 1. The Hall–Kier alpha value is -1.04. The molecule has 22 heavy (non-hydrogen) atoms. The fourth-order valence-electron chi connectivity index (χ4n) is 2.88. The third-order valence-corrected chi connectivity index (χ3v) is 5.05. The number of nitrogens with two attached hydrogens (primary N) is 1. The summed E-state index contributed by atoms with van der Waals surface area (Å²) in [6.45, 7) is 2.11. The average Bonchev–Trinajstić information content (AvgIpc) is 2.59. The summed E-state index contributed by atoms with van der Waals surface area (Å²) in [6, 6.07) is 10.0. The van der Waals surface area contributed by atoms with Crippen molar-refractivity contribution >= 4 is 17.7 Å². The van der Waals surface area contributed by atoms with E-state index in [1.165, 1.54) is 5.56 Å². The van der Waals surface area contributed by atoms with Gasteiger partial charge in [-0.15, -0.1) is 0 Å². The Kier molecular flexibility index (Phi) is 6.73. The molecule has 1 aromatic rings. The smallest absolute Gasteiger partial charge is 0.236 e. The van der Waals surface area contributed by atoms with Crippen molar-refractivity contribution in [2.45, 2.75) is 30.7 Å². The largest absolute Gasteiger partial charge is 0.381 e. The molecule has 3 N–H and O–H groups in total. The van der Waals surface area contributed by atoms with E-state index in [4.69, 9.17) is 10.5 Å². The van der Waals surface area contributed by atoms with Gasteiger partial charge in [-0.05, 0) is 36.8 Å². The van der Waals surface area contributed by atoms with E-state index >= 15 is 0 Å². The normalized spacial score (nSPS) is 18.6. The van der Waals surface area contributed by atoms with Gasteiger partial charge in [-0.1, -0.05) is 30.3 Å². The van der Waals surface area contributed by atoms with Gasteiger partial charge < -0.3 is 15.8 Å². The van der Waals surface area contributed by atoms with Crippen molar-refractivity contribution in [3.63, 3.8) is 0 Å².